The molecule has 1 aromatic rings. The Morgan fingerprint density at radius 2 is 2.00 bits per heavy atom. The molecular weight excluding hydrogens is 280 g/mol. The highest BCUT2D eigenvalue weighted by atomic mass is 16.6. The van der Waals surface area contributed by atoms with Gasteiger partial charge in [-0.15, -0.1) is 0 Å². The number of ether oxygens (including phenoxy) is 1. The summed E-state index contributed by atoms with van der Waals surface area (Å²) in [6.45, 7) is 11.7. The molecule has 1 saturated heterocycles. The Bertz CT molecular complexity index is 551. The number of carbonyl (C=O) groups is 1. The van der Waals surface area contributed by atoms with Gasteiger partial charge in [0.2, 0.25) is 0 Å². The molecule has 122 valence electrons. The number of anilines is 1. The lowest BCUT2D eigenvalue weighted by atomic mass is 10.1. The molecule has 1 aliphatic rings. The number of piperazine rings is 1. The first-order chi connectivity index (χ1) is 10.2. The Hall–Kier alpha value is -1.91. The van der Waals surface area contributed by atoms with Crippen molar-refractivity contribution < 1.29 is 14.6 Å². The number of hydrogen-bond acceptors (Lipinski definition) is 4. The van der Waals surface area contributed by atoms with Crippen LogP contribution in [0.25, 0.3) is 0 Å². The van der Waals surface area contributed by atoms with Gasteiger partial charge in [-0.1, -0.05) is 0 Å². The number of hydrogen-bond donors (Lipinski definition) is 1. The first-order valence-electron chi connectivity index (χ1n) is 7.71. The van der Waals surface area contributed by atoms with E-state index in [1.165, 1.54) is 0 Å². The third kappa shape index (κ3) is 3.84. The monoisotopic (exact) mass is 306 g/mol. The van der Waals surface area contributed by atoms with Crippen LogP contribution in [0.4, 0.5) is 10.5 Å². The molecule has 0 aromatic heterocycles. The van der Waals surface area contributed by atoms with Crippen molar-refractivity contribution in [3.8, 4) is 5.75 Å². The summed E-state index contributed by atoms with van der Waals surface area (Å²) in [5.41, 5.74) is 1.47. The van der Waals surface area contributed by atoms with Crippen LogP contribution < -0.4 is 4.90 Å². The predicted octanol–water partition coefficient (Wildman–Crippen LogP) is 3.15. The van der Waals surface area contributed by atoms with E-state index in [1.54, 1.807) is 11.0 Å². The van der Waals surface area contributed by atoms with Gasteiger partial charge in [0.05, 0.1) is 0 Å². The quantitative estimate of drug-likeness (QED) is 0.866. The largest absolute Gasteiger partial charge is 0.508 e. The maximum atomic E-state index is 12.2. The zero-order valence-electron chi connectivity index (χ0n) is 14.1. The lowest BCUT2D eigenvalue weighted by molar-refractivity contribution is 0.0159. The van der Waals surface area contributed by atoms with Crippen LogP contribution in [0.2, 0.25) is 0 Å². The van der Waals surface area contributed by atoms with Gasteiger partial charge in [-0.05, 0) is 58.4 Å². The van der Waals surface area contributed by atoms with Gasteiger partial charge in [0.25, 0.3) is 0 Å². The zero-order valence-corrected chi connectivity index (χ0v) is 14.1. The normalized spacial score (nSPS) is 19.2. The van der Waals surface area contributed by atoms with Crippen molar-refractivity contribution in [3.63, 3.8) is 0 Å². The molecular formula is C17H26N2O3. The summed E-state index contributed by atoms with van der Waals surface area (Å²) < 4.78 is 5.46. The van der Waals surface area contributed by atoms with Crippen molar-refractivity contribution in [3.05, 3.63) is 23.8 Å². The molecule has 5 heteroatoms. The Morgan fingerprint density at radius 1 is 1.32 bits per heavy atom. The van der Waals surface area contributed by atoms with E-state index in [2.05, 4.69) is 4.90 Å². The molecule has 5 nitrogen and oxygen atoms in total. The predicted molar refractivity (Wildman–Crippen MR) is 87.5 cm³/mol. The fourth-order valence-corrected chi connectivity index (χ4v) is 2.62. The Kier molecular flexibility index (Phi) is 4.54. The molecule has 1 amide bonds. The maximum absolute atomic E-state index is 12.2. The number of carbonyl (C=O) groups excluding carboxylic acids is 1. The second kappa shape index (κ2) is 6.07. The molecule has 2 rings (SSSR count). The molecule has 22 heavy (non-hydrogen) atoms. The highest BCUT2D eigenvalue weighted by molar-refractivity contribution is 5.69. The van der Waals surface area contributed by atoms with Crippen molar-refractivity contribution in [1.82, 2.24) is 4.90 Å². The summed E-state index contributed by atoms with van der Waals surface area (Å²) in [5.74, 6) is 0.309. The van der Waals surface area contributed by atoms with E-state index >= 15 is 0 Å². The number of phenolic OH excluding ortho intramolecular Hbond substituents is 1. The van der Waals surface area contributed by atoms with Gasteiger partial charge in [-0.3, -0.25) is 0 Å². The van der Waals surface area contributed by atoms with E-state index < -0.39 is 5.60 Å². The van der Waals surface area contributed by atoms with Crippen molar-refractivity contribution >= 4 is 11.8 Å². The SMILES string of the molecule is Cc1cc(N2CCN(C(=O)OC(C)(C)C)[C@H](C)C2)ccc1O. The minimum absolute atomic E-state index is 0.0812. The summed E-state index contributed by atoms with van der Waals surface area (Å²) in [6, 6.07) is 5.69. The Morgan fingerprint density at radius 3 is 2.55 bits per heavy atom. The van der Waals surface area contributed by atoms with Crippen LogP contribution in [0.1, 0.15) is 33.3 Å². The Balaban J connectivity index is 2.03. The van der Waals surface area contributed by atoms with Gasteiger partial charge in [-0.2, -0.15) is 0 Å². The minimum Gasteiger partial charge on any atom is -0.508 e. The standard InChI is InChI=1S/C17H26N2O3/c1-12-10-14(6-7-15(12)20)18-8-9-19(13(2)11-18)16(21)22-17(3,4)5/h6-7,10,13,20H,8-9,11H2,1-5H3/t13-/m1/s1. The van der Waals surface area contributed by atoms with Gasteiger partial charge < -0.3 is 19.6 Å². The van der Waals surface area contributed by atoms with Gasteiger partial charge in [0.1, 0.15) is 11.4 Å². The second-order valence-electron chi connectivity index (χ2n) is 6.94. The number of rotatable bonds is 1. The van der Waals surface area contributed by atoms with Gasteiger partial charge in [0, 0.05) is 31.4 Å². The van der Waals surface area contributed by atoms with Gasteiger partial charge in [-0.25, -0.2) is 4.79 Å². The van der Waals surface area contributed by atoms with Gasteiger partial charge >= 0.3 is 6.09 Å². The van der Waals surface area contributed by atoms with Crippen LogP contribution in [-0.2, 0) is 4.74 Å². The molecule has 0 saturated carbocycles. The molecule has 1 heterocycles. The molecule has 1 aliphatic heterocycles. The number of benzene rings is 1. The number of nitrogens with zero attached hydrogens (tertiary/aromatic N) is 2. The van der Waals surface area contributed by atoms with Crippen molar-refractivity contribution in [2.45, 2.75) is 46.3 Å². The summed E-state index contributed by atoms with van der Waals surface area (Å²) in [5, 5.41) is 9.63. The summed E-state index contributed by atoms with van der Waals surface area (Å²) >= 11 is 0. The molecule has 0 unspecified atom stereocenters. The molecule has 0 spiro atoms. The van der Waals surface area contributed by atoms with E-state index in [1.807, 2.05) is 46.8 Å². The number of aryl methyl sites for hydroxylation is 1. The molecule has 0 bridgehead atoms. The maximum Gasteiger partial charge on any atom is 0.410 e. The molecule has 1 fully saturated rings. The number of amides is 1. The van der Waals surface area contributed by atoms with Crippen molar-refractivity contribution in [2.75, 3.05) is 24.5 Å². The van der Waals surface area contributed by atoms with E-state index in [0.717, 1.165) is 24.3 Å². The van der Waals surface area contributed by atoms with Crippen molar-refractivity contribution in [2.24, 2.45) is 0 Å². The second-order valence-corrected chi connectivity index (χ2v) is 6.94. The van der Waals surface area contributed by atoms with Crippen LogP contribution >= 0.6 is 0 Å². The smallest absolute Gasteiger partial charge is 0.410 e. The van der Waals surface area contributed by atoms with Crippen LogP contribution in [0.15, 0.2) is 18.2 Å². The van der Waals surface area contributed by atoms with Gasteiger partial charge in [0.15, 0.2) is 0 Å². The lowest BCUT2D eigenvalue weighted by Crippen LogP contribution is -2.55. The lowest BCUT2D eigenvalue weighted by Gasteiger charge is -2.41. The highest BCUT2D eigenvalue weighted by Gasteiger charge is 2.30. The number of aromatic hydroxyl groups is 1. The topological polar surface area (TPSA) is 53.0 Å². The fraction of sp³-hybridized carbons (Fsp3) is 0.588. The van der Waals surface area contributed by atoms with E-state index in [9.17, 15) is 9.90 Å². The molecule has 1 atom stereocenters. The highest BCUT2D eigenvalue weighted by Crippen LogP contribution is 2.25. The first kappa shape index (κ1) is 16.5. The third-order valence-electron chi connectivity index (χ3n) is 3.80. The van der Waals surface area contributed by atoms with E-state index in [0.29, 0.717) is 12.3 Å². The van der Waals surface area contributed by atoms with Crippen molar-refractivity contribution in [1.29, 1.82) is 0 Å². The summed E-state index contributed by atoms with van der Waals surface area (Å²) in [4.78, 5) is 16.2. The van der Waals surface area contributed by atoms with Crippen LogP contribution in [0, 0.1) is 6.92 Å². The first-order valence-corrected chi connectivity index (χ1v) is 7.71. The average Bonchev–Trinajstić information content (AvgIpc) is 2.39. The third-order valence-corrected chi connectivity index (χ3v) is 3.80. The van der Waals surface area contributed by atoms with E-state index in [4.69, 9.17) is 4.74 Å². The zero-order chi connectivity index (χ0) is 16.5. The van der Waals surface area contributed by atoms with Crippen LogP contribution in [-0.4, -0.2) is 47.4 Å². The average molecular weight is 306 g/mol. The summed E-state index contributed by atoms with van der Waals surface area (Å²) in [7, 11) is 0. The minimum atomic E-state index is -0.470. The fourth-order valence-electron chi connectivity index (χ4n) is 2.62. The molecule has 1 N–H and O–H groups in total. The molecule has 1 aromatic carbocycles. The number of phenols is 1. The Labute approximate surface area is 132 Å². The molecule has 0 radical (unpaired) electrons. The van der Waals surface area contributed by atoms with Crippen LogP contribution in [0.5, 0.6) is 5.75 Å². The van der Waals surface area contributed by atoms with Crippen LogP contribution in [0.3, 0.4) is 0 Å². The summed E-state index contributed by atoms with van der Waals surface area (Å²) in [6.07, 6.45) is -0.249. The van der Waals surface area contributed by atoms with E-state index in [-0.39, 0.29) is 12.1 Å². The molecule has 0 aliphatic carbocycles.